The minimum absolute atomic E-state index is 0.204. The van der Waals surface area contributed by atoms with Crippen LogP contribution in [0.1, 0.15) is 0 Å². The van der Waals surface area contributed by atoms with Crippen molar-refractivity contribution in [1.29, 1.82) is 0 Å². The molecule has 0 heterocycles. The molecule has 0 aliphatic rings. The van der Waals surface area contributed by atoms with Crippen LogP contribution in [-0.2, 0) is 0 Å². The van der Waals surface area contributed by atoms with Gasteiger partial charge in [-0.2, -0.15) is 0 Å². The normalized spacial score (nSPS) is 10.3. The van der Waals surface area contributed by atoms with Crippen molar-refractivity contribution < 1.29 is 4.39 Å². The SMILES string of the molecule is Fc1cc(I)ccc1-c1ccc(Cl)cc1. The summed E-state index contributed by atoms with van der Waals surface area (Å²) in [5.41, 5.74) is 1.44. The lowest BCUT2D eigenvalue weighted by atomic mass is 10.1. The van der Waals surface area contributed by atoms with Gasteiger partial charge in [-0.25, -0.2) is 4.39 Å². The van der Waals surface area contributed by atoms with Crippen LogP contribution in [0, 0.1) is 9.39 Å². The van der Waals surface area contributed by atoms with Crippen LogP contribution in [0.4, 0.5) is 4.39 Å². The van der Waals surface area contributed by atoms with E-state index in [9.17, 15) is 4.39 Å². The van der Waals surface area contributed by atoms with Gasteiger partial charge in [0.15, 0.2) is 0 Å². The highest BCUT2D eigenvalue weighted by molar-refractivity contribution is 14.1. The van der Waals surface area contributed by atoms with E-state index in [0.29, 0.717) is 10.6 Å². The standard InChI is InChI=1S/C12H7ClFI/c13-9-3-1-8(2-4-9)11-6-5-10(15)7-12(11)14/h1-7H. The van der Waals surface area contributed by atoms with Crippen LogP contribution in [0.25, 0.3) is 11.1 Å². The Bertz CT molecular complexity index is 479. The lowest BCUT2D eigenvalue weighted by molar-refractivity contribution is 0.630. The first-order chi connectivity index (χ1) is 7.16. The fourth-order valence-corrected chi connectivity index (χ4v) is 1.93. The van der Waals surface area contributed by atoms with Gasteiger partial charge in [-0.05, 0) is 52.4 Å². The number of hydrogen-bond donors (Lipinski definition) is 0. The highest BCUT2D eigenvalue weighted by Crippen LogP contribution is 2.25. The Morgan fingerprint density at radius 3 is 2.27 bits per heavy atom. The first kappa shape index (κ1) is 10.9. The molecule has 0 spiro atoms. The number of rotatable bonds is 1. The third-order valence-corrected chi connectivity index (χ3v) is 3.01. The average Bonchev–Trinajstić information content (AvgIpc) is 2.20. The predicted octanol–water partition coefficient (Wildman–Crippen LogP) is 4.75. The minimum atomic E-state index is -0.204. The van der Waals surface area contributed by atoms with E-state index in [1.807, 2.05) is 18.2 Å². The van der Waals surface area contributed by atoms with E-state index in [1.165, 1.54) is 6.07 Å². The van der Waals surface area contributed by atoms with E-state index in [4.69, 9.17) is 11.6 Å². The second kappa shape index (κ2) is 4.49. The maximum Gasteiger partial charge on any atom is 0.132 e. The van der Waals surface area contributed by atoms with E-state index in [2.05, 4.69) is 22.6 Å². The molecule has 0 saturated carbocycles. The summed E-state index contributed by atoms with van der Waals surface area (Å²) < 4.78 is 14.5. The molecule has 0 saturated heterocycles. The van der Waals surface area contributed by atoms with Crippen molar-refractivity contribution in [1.82, 2.24) is 0 Å². The molecule has 0 unspecified atom stereocenters. The predicted molar refractivity (Wildman–Crippen MR) is 69.6 cm³/mol. The lowest BCUT2D eigenvalue weighted by Crippen LogP contribution is -1.85. The molecule has 76 valence electrons. The third kappa shape index (κ3) is 2.49. The first-order valence-corrected chi connectivity index (χ1v) is 5.83. The molecule has 0 aromatic heterocycles. The Balaban J connectivity index is 2.49. The average molecular weight is 333 g/mol. The van der Waals surface area contributed by atoms with Crippen LogP contribution in [0.2, 0.25) is 5.02 Å². The fraction of sp³-hybridized carbons (Fsp3) is 0. The van der Waals surface area contributed by atoms with Crippen molar-refractivity contribution in [2.45, 2.75) is 0 Å². The smallest absolute Gasteiger partial charge is 0.132 e. The summed E-state index contributed by atoms with van der Waals surface area (Å²) in [5.74, 6) is -0.204. The summed E-state index contributed by atoms with van der Waals surface area (Å²) in [4.78, 5) is 0. The molecular weight excluding hydrogens is 325 g/mol. The highest BCUT2D eigenvalue weighted by Gasteiger charge is 2.04. The molecule has 0 nitrogen and oxygen atoms in total. The number of halogens is 3. The van der Waals surface area contributed by atoms with Gasteiger partial charge < -0.3 is 0 Å². The van der Waals surface area contributed by atoms with Crippen molar-refractivity contribution in [3.63, 3.8) is 0 Å². The summed E-state index contributed by atoms with van der Waals surface area (Å²) in [7, 11) is 0. The molecule has 2 rings (SSSR count). The van der Waals surface area contributed by atoms with Gasteiger partial charge in [0.2, 0.25) is 0 Å². The molecule has 0 atom stereocenters. The maximum atomic E-state index is 13.6. The molecule has 0 N–H and O–H groups in total. The maximum absolute atomic E-state index is 13.6. The second-order valence-corrected chi connectivity index (χ2v) is 4.81. The van der Waals surface area contributed by atoms with Crippen LogP contribution in [0.5, 0.6) is 0 Å². The summed E-state index contributed by atoms with van der Waals surface area (Å²) in [5, 5.41) is 0.657. The molecule has 0 aliphatic carbocycles. The zero-order valence-electron chi connectivity index (χ0n) is 7.68. The van der Waals surface area contributed by atoms with E-state index in [0.717, 1.165) is 9.13 Å². The van der Waals surface area contributed by atoms with Gasteiger partial charge in [0.1, 0.15) is 5.82 Å². The summed E-state index contributed by atoms with van der Waals surface area (Å²) >= 11 is 7.85. The van der Waals surface area contributed by atoms with Gasteiger partial charge in [0.25, 0.3) is 0 Å². The van der Waals surface area contributed by atoms with Crippen molar-refractivity contribution in [3.05, 3.63) is 56.9 Å². The van der Waals surface area contributed by atoms with Gasteiger partial charge >= 0.3 is 0 Å². The second-order valence-electron chi connectivity index (χ2n) is 3.13. The Labute approximate surface area is 106 Å². The van der Waals surface area contributed by atoms with E-state index in [1.54, 1.807) is 18.2 Å². The quantitative estimate of drug-likeness (QED) is 0.661. The number of benzene rings is 2. The zero-order chi connectivity index (χ0) is 10.8. The van der Waals surface area contributed by atoms with Crippen molar-refractivity contribution >= 4 is 34.2 Å². The summed E-state index contributed by atoms with van der Waals surface area (Å²) in [6.45, 7) is 0. The molecule has 2 aromatic rings. The van der Waals surface area contributed by atoms with Crippen molar-refractivity contribution in [2.24, 2.45) is 0 Å². The molecule has 0 radical (unpaired) electrons. The summed E-state index contributed by atoms with van der Waals surface area (Å²) in [6.07, 6.45) is 0. The fourth-order valence-electron chi connectivity index (χ4n) is 1.35. The highest BCUT2D eigenvalue weighted by atomic mass is 127. The topological polar surface area (TPSA) is 0 Å². The third-order valence-electron chi connectivity index (χ3n) is 2.09. The molecule has 0 bridgehead atoms. The van der Waals surface area contributed by atoms with Gasteiger partial charge in [-0.3, -0.25) is 0 Å². The largest absolute Gasteiger partial charge is 0.206 e. The number of hydrogen-bond acceptors (Lipinski definition) is 0. The minimum Gasteiger partial charge on any atom is -0.206 e. The zero-order valence-corrected chi connectivity index (χ0v) is 10.6. The summed E-state index contributed by atoms with van der Waals surface area (Å²) in [6, 6.07) is 12.3. The van der Waals surface area contributed by atoms with Crippen LogP contribution in [0.3, 0.4) is 0 Å². The van der Waals surface area contributed by atoms with E-state index >= 15 is 0 Å². The first-order valence-electron chi connectivity index (χ1n) is 4.38. The Morgan fingerprint density at radius 1 is 1.00 bits per heavy atom. The van der Waals surface area contributed by atoms with E-state index < -0.39 is 0 Å². The molecule has 0 amide bonds. The molecule has 3 heteroatoms. The van der Waals surface area contributed by atoms with Gasteiger partial charge in [-0.15, -0.1) is 0 Å². The Kier molecular flexibility index (Phi) is 3.26. The van der Waals surface area contributed by atoms with Crippen LogP contribution in [0.15, 0.2) is 42.5 Å². The van der Waals surface area contributed by atoms with Gasteiger partial charge in [0, 0.05) is 14.2 Å². The molecule has 15 heavy (non-hydrogen) atoms. The van der Waals surface area contributed by atoms with E-state index in [-0.39, 0.29) is 5.82 Å². The molecule has 0 aliphatic heterocycles. The molecular formula is C12H7ClFI. The van der Waals surface area contributed by atoms with Gasteiger partial charge in [-0.1, -0.05) is 29.8 Å². The molecule has 0 fully saturated rings. The van der Waals surface area contributed by atoms with Crippen LogP contribution < -0.4 is 0 Å². The molecule has 2 aromatic carbocycles. The van der Waals surface area contributed by atoms with Crippen LogP contribution >= 0.6 is 34.2 Å². The van der Waals surface area contributed by atoms with Crippen molar-refractivity contribution in [3.8, 4) is 11.1 Å². The van der Waals surface area contributed by atoms with Gasteiger partial charge in [0.05, 0.1) is 0 Å². The van der Waals surface area contributed by atoms with Crippen LogP contribution in [-0.4, -0.2) is 0 Å². The van der Waals surface area contributed by atoms with Crippen molar-refractivity contribution in [2.75, 3.05) is 0 Å². The Morgan fingerprint density at radius 2 is 1.67 bits per heavy atom. The monoisotopic (exact) mass is 332 g/mol. The Hall–Kier alpha value is -0.610. The lowest BCUT2D eigenvalue weighted by Gasteiger charge is -2.03.